The van der Waals surface area contributed by atoms with Crippen molar-refractivity contribution in [2.75, 3.05) is 6.54 Å². The minimum Gasteiger partial charge on any atom is -0.477 e. The number of nitrogens with one attached hydrogen (secondary N) is 1. The van der Waals surface area contributed by atoms with E-state index in [0.29, 0.717) is 30.0 Å². The van der Waals surface area contributed by atoms with Crippen LogP contribution in [0.5, 0.6) is 0 Å². The van der Waals surface area contributed by atoms with Gasteiger partial charge in [-0.2, -0.15) is 0 Å². The normalized spacial score (nSPS) is 10.6. The van der Waals surface area contributed by atoms with E-state index in [1.165, 1.54) is 17.4 Å². The van der Waals surface area contributed by atoms with Crippen LogP contribution in [0.15, 0.2) is 36.4 Å². The summed E-state index contributed by atoms with van der Waals surface area (Å²) in [5.74, 6) is -1.09. The van der Waals surface area contributed by atoms with Gasteiger partial charge in [0, 0.05) is 11.4 Å². The second-order valence-electron chi connectivity index (χ2n) is 4.09. The smallest absolute Gasteiger partial charge is 0.345 e. The van der Waals surface area contributed by atoms with Crippen molar-refractivity contribution in [2.45, 2.75) is 13.0 Å². The number of carbonyl (C=O) groups is 1. The van der Waals surface area contributed by atoms with Crippen molar-refractivity contribution >= 4 is 17.3 Å². The molecule has 2 aromatic rings. The summed E-state index contributed by atoms with van der Waals surface area (Å²) in [6, 6.07) is 10.1. The maximum absolute atomic E-state index is 13.3. The topological polar surface area (TPSA) is 49.3 Å². The molecular weight excluding hydrogens is 265 g/mol. The van der Waals surface area contributed by atoms with E-state index in [0.717, 1.165) is 4.88 Å². The van der Waals surface area contributed by atoms with E-state index in [-0.39, 0.29) is 5.82 Å². The van der Waals surface area contributed by atoms with Crippen molar-refractivity contribution in [3.63, 3.8) is 0 Å². The van der Waals surface area contributed by atoms with E-state index in [1.54, 1.807) is 24.3 Å². The molecule has 0 radical (unpaired) electrons. The molecule has 0 saturated carbocycles. The Kier molecular flexibility index (Phi) is 4.65. The van der Waals surface area contributed by atoms with E-state index >= 15 is 0 Å². The highest BCUT2D eigenvalue weighted by Gasteiger charge is 2.06. The van der Waals surface area contributed by atoms with E-state index < -0.39 is 5.97 Å². The summed E-state index contributed by atoms with van der Waals surface area (Å²) < 4.78 is 13.3. The maximum Gasteiger partial charge on any atom is 0.345 e. The van der Waals surface area contributed by atoms with Gasteiger partial charge in [-0.1, -0.05) is 18.2 Å². The predicted octanol–water partition coefficient (Wildman–Crippen LogP) is 2.92. The Hall–Kier alpha value is -1.72. The third-order valence-corrected chi connectivity index (χ3v) is 3.77. The molecule has 100 valence electrons. The van der Waals surface area contributed by atoms with Crippen LogP contribution in [0.2, 0.25) is 0 Å². The lowest BCUT2D eigenvalue weighted by Gasteiger charge is -2.04. The summed E-state index contributed by atoms with van der Waals surface area (Å²) in [7, 11) is 0. The van der Waals surface area contributed by atoms with E-state index in [1.807, 2.05) is 6.07 Å². The Bertz CT molecular complexity index is 568. The molecule has 0 bridgehead atoms. The molecule has 1 heterocycles. The number of halogens is 1. The fraction of sp³-hybridized carbons (Fsp3) is 0.214. The lowest BCUT2D eigenvalue weighted by molar-refractivity contribution is 0.0702. The zero-order valence-corrected chi connectivity index (χ0v) is 11.0. The second kappa shape index (κ2) is 6.45. The molecule has 0 spiro atoms. The first-order valence-electron chi connectivity index (χ1n) is 5.93. The summed E-state index contributed by atoms with van der Waals surface area (Å²) in [5.41, 5.74) is 0.687. The highest BCUT2D eigenvalue weighted by Crippen LogP contribution is 2.16. The molecule has 0 fully saturated rings. The molecule has 2 N–H and O–H groups in total. The van der Waals surface area contributed by atoms with Crippen molar-refractivity contribution in [2.24, 2.45) is 0 Å². The van der Waals surface area contributed by atoms with Gasteiger partial charge in [-0.15, -0.1) is 11.3 Å². The molecule has 0 saturated heterocycles. The van der Waals surface area contributed by atoms with Crippen LogP contribution in [0.25, 0.3) is 0 Å². The van der Waals surface area contributed by atoms with Crippen LogP contribution in [0.4, 0.5) is 4.39 Å². The first-order valence-corrected chi connectivity index (χ1v) is 6.74. The fourth-order valence-electron chi connectivity index (χ4n) is 1.72. The lowest BCUT2D eigenvalue weighted by Crippen LogP contribution is -2.16. The van der Waals surface area contributed by atoms with Crippen LogP contribution < -0.4 is 5.32 Å². The monoisotopic (exact) mass is 279 g/mol. The predicted molar refractivity (Wildman–Crippen MR) is 73.1 cm³/mol. The number of carboxylic acids is 1. The largest absolute Gasteiger partial charge is 0.477 e. The van der Waals surface area contributed by atoms with Crippen LogP contribution in [0, 0.1) is 5.82 Å². The van der Waals surface area contributed by atoms with Gasteiger partial charge in [-0.25, -0.2) is 9.18 Å². The van der Waals surface area contributed by atoms with E-state index in [2.05, 4.69) is 5.32 Å². The number of thiophene rings is 1. The van der Waals surface area contributed by atoms with Gasteiger partial charge >= 0.3 is 5.97 Å². The maximum atomic E-state index is 13.3. The van der Waals surface area contributed by atoms with Gasteiger partial charge < -0.3 is 10.4 Å². The second-order valence-corrected chi connectivity index (χ2v) is 5.26. The quantitative estimate of drug-likeness (QED) is 0.799. The zero-order chi connectivity index (χ0) is 13.7. The van der Waals surface area contributed by atoms with Gasteiger partial charge in [0.1, 0.15) is 10.7 Å². The van der Waals surface area contributed by atoms with Gasteiger partial charge in [0.05, 0.1) is 0 Å². The summed E-state index contributed by atoms with van der Waals surface area (Å²) in [6.45, 7) is 1.26. The molecule has 0 amide bonds. The SMILES string of the molecule is O=C(O)c1ccc(CNCCc2ccccc2F)s1. The van der Waals surface area contributed by atoms with Crippen molar-refractivity contribution in [3.8, 4) is 0 Å². The summed E-state index contributed by atoms with van der Waals surface area (Å²) >= 11 is 1.25. The van der Waals surface area contributed by atoms with Crippen molar-refractivity contribution in [1.82, 2.24) is 5.32 Å². The molecule has 2 rings (SSSR count). The van der Waals surface area contributed by atoms with Crippen LogP contribution in [0.1, 0.15) is 20.1 Å². The van der Waals surface area contributed by atoms with Crippen LogP contribution in [-0.4, -0.2) is 17.6 Å². The molecule has 19 heavy (non-hydrogen) atoms. The van der Waals surface area contributed by atoms with Crippen molar-refractivity contribution in [3.05, 3.63) is 57.5 Å². The average Bonchev–Trinajstić information content (AvgIpc) is 2.85. The minimum atomic E-state index is -0.900. The number of aromatic carboxylic acids is 1. The third-order valence-electron chi connectivity index (χ3n) is 2.70. The Balaban J connectivity index is 1.77. The Labute approximate surface area is 114 Å². The fourth-order valence-corrected chi connectivity index (χ4v) is 2.54. The molecule has 0 unspecified atom stereocenters. The summed E-state index contributed by atoms with van der Waals surface area (Å²) in [4.78, 5) is 12.0. The van der Waals surface area contributed by atoms with Gasteiger partial charge in [0.15, 0.2) is 0 Å². The average molecular weight is 279 g/mol. The number of hydrogen-bond acceptors (Lipinski definition) is 3. The number of rotatable bonds is 6. The summed E-state index contributed by atoms with van der Waals surface area (Å²) in [6.07, 6.45) is 0.615. The van der Waals surface area contributed by atoms with Crippen molar-refractivity contribution < 1.29 is 14.3 Å². The molecule has 1 aromatic carbocycles. The molecule has 0 aliphatic heterocycles. The standard InChI is InChI=1S/C14H14FNO2S/c15-12-4-2-1-3-10(12)7-8-16-9-11-5-6-13(19-11)14(17)18/h1-6,16H,7-9H2,(H,17,18). The third kappa shape index (κ3) is 3.87. The number of hydrogen-bond donors (Lipinski definition) is 2. The highest BCUT2D eigenvalue weighted by atomic mass is 32.1. The van der Waals surface area contributed by atoms with Crippen LogP contribution in [0.3, 0.4) is 0 Å². The van der Waals surface area contributed by atoms with Gasteiger partial charge in [0.2, 0.25) is 0 Å². The first-order chi connectivity index (χ1) is 9.16. The lowest BCUT2D eigenvalue weighted by atomic mass is 10.1. The number of benzene rings is 1. The van der Waals surface area contributed by atoms with Gasteiger partial charge in [-0.3, -0.25) is 0 Å². The van der Waals surface area contributed by atoms with Gasteiger partial charge in [0.25, 0.3) is 0 Å². The van der Waals surface area contributed by atoms with Crippen LogP contribution >= 0.6 is 11.3 Å². The highest BCUT2D eigenvalue weighted by molar-refractivity contribution is 7.13. The Morgan fingerprint density at radius 1 is 1.26 bits per heavy atom. The molecule has 0 atom stereocenters. The molecule has 5 heteroatoms. The number of carboxylic acid groups (broad SMARTS) is 1. The summed E-state index contributed by atoms with van der Waals surface area (Å²) in [5, 5.41) is 12.0. The molecule has 1 aromatic heterocycles. The van der Waals surface area contributed by atoms with Gasteiger partial charge in [-0.05, 0) is 36.7 Å². The Morgan fingerprint density at radius 3 is 2.74 bits per heavy atom. The molecule has 0 aliphatic carbocycles. The van der Waals surface area contributed by atoms with Crippen molar-refractivity contribution in [1.29, 1.82) is 0 Å². The Morgan fingerprint density at radius 2 is 2.05 bits per heavy atom. The minimum absolute atomic E-state index is 0.186. The van der Waals surface area contributed by atoms with E-state index in [9.17, 15) is 9.18 Å². The molecular formula is C14H14FNO2S. The molecule has 0 aliphatic rings. The zero-order valence-electron chi connectivity index (χ0n) is 10.2. The van der Waals surface area contributed by atoms with Crippen LogP contribution in [-0.2, 0) is 13.0 Å². The molecule has 3 nitrogen and oxygen atoms in total. The first kappa shape index (κ1) is 13.7. The van der Waals surface area contributed by atoms with E-state index in [4.69, 9.17) is 5.11 Å².